The number of carboxylic acid groups (broad SMARTS) is 1. The summed E-state index contributed by atoms with van der Waals surface area (Å²) in [5, 5.41) is 17.2. The van der Waals surface area contributed by atoms with E-state index in [1.807, 2.05) is 0 Å². The van der Waals surface area contributed by atoms with Crippen LogP contribution in [0.4, 0.5) is 0 Å². The SMILES string of the molecule is O=C(O)C(=CO)c1ccccc1. The second-order valence-corrected chi connectivity index (χ2v) is 2.21. The molecule has 0 aliphatic carbocycles. The van der Waals surface area contributed by atoms with E-state index in [9.17, 15) is 4.79 Å². The molecule has 0 heterocycles. The van der Waals surface area contributed by atoms with Crippen LogP contribution in [-0.4, -0.2) is 16.2 Å². The van der Waals surface area contributed by atoms with Crippen molar-refractivity contribution in [2.24, 2.45) is 0 Å². The zero-order valence-electron chi connectivity index (χ0n) is 6.27. The number of rotatable bonds is 2. The zero-order chi connectivity index (χ0) is 8.97. The highest BCUT2D eigenvalue weighted by atomic mass is 16.4. The van der Waals surface area contributed by atoms with Gasteiger partial charge in [0.2, 0.25) is 0 Å². The van der Waals surface area contributed by atoms with E-state index in [4.69, 9.17) is 10.2 Å². The first-order chi connectivity index (χ1) is 5.75. The van der Waals surface area contributed by atoms with Crippen molar-refractivity contribution in [3.63, 3.8) is 0 Å². The Hall–Kier alpha value is -1.77. The summed E-state index contributed by atoms with van der Waals surface area (Å²) in [6.07, 6.45) is 0.595. The fraction of sp³-hybridized carbons (Fsp3) is 0. The van der Waals surface area contributed by atoms with E-state index in [0.717, 1.165) is 0 Å². The van der Waals surface area contributed by atoms with Crippen LogP contribution in [0.25, 0.3) is 5.57 Å². The molecule has 0 spiro atoms. The van der Waals surface area contributed by atoms with E-state index < -0.39 is 5.97 Å². The first-order valence-corrected chi connectivity index (χ1v) is 3.39. The summed E-state index contributed by atoms with van der Waals surface area (Å²) in [6, 6.07) is 8.44. The normalized spacial score (nSPS) is 11.2. The van der Waals surface area contributed by atoms with Crippen LogP contribution in [0.5, 0.6) is 0 Å². The van der Waals surface area contributed by atoms with Crippen molar-refractivity contribution >= 4 is 11.5 Å². The number of hydrogen-bond acceptors (Lipinski definition) is 2. The molecule has 0 atom stereocenters. The Labute approximate surface area is 69.6 Å². The van der Waals surface area contributed by atoms with Crippen LogP contribution >= 0.6 is 0 Å². The van der Waals surface area contributed by atoms with E-state index in [1.54, 1.807) is 30.3 Å². The zero-order valence-corrected chi connectivity index (χ0v) is 6.27. The molecule has 2 N–H and O–H groups in total. The number of benzene rings is 1. The van der Waals surface area contributed by atoms with Gasteiger partial charge in [0.25, 0.3) is 0 Å². The summed E-state index contributed by atoms with van der Waals surface area (Å²) >= 11 is 0. The highest BCUT2D eigenvalue weighted by Gasteiger charge is 2.08. The van der Waals surface area contributed by atoms with Crippen LogP contribution in [-0.2, 0) is 4.79 Å². The molecule has 0 aliphatic heterocycles. The lowest BCUT2D eigenvalue weighted by molar-refractivity contribution is -0.130. The molecule has 1 rings (SSSR count). The van der Waals surface area contributed by atoms with Gasteiger partial charge in [-0.2, -0.15) is 0 Å². The Morgan fingerprint density at radius 2 is 1.83 bits per heavy atom. The molecule has 3 nitrogen and oxygen atoms in total. The lowest BCUT2D eigenvalue weighted by Gasteiger charge is -1.98. The smallest absolute Gasteiger partial charge is 0.339 e. The van der Waals surface area contributed by atoms with Crippen LogP contribution < -0.4 is 0 Å². The Morgan fingerprint density at radius 3 is 2.25 bits per heavy atom. The minimum Gasteiger partial charge on any atom is -0.515 e. The Morgan fingerprint density at radius 1 is 1.25 bits per heavy atom. The molecular weight excluding hydrogens is 156 g/mol. The number of aliphatic carboxylic acids is 1. The first kappa shape index (κ1) is 8.33. The molecular formula is C9H8O3. The summed E-state index contributed by atoms with van der Waals surface area (Å²) in [6.45, 7) is 0. The first-order valence-electron chi connectivity index (χ1n) is 3.39. The van der Waals surface area contributed by atoms with Crippen LogP contribution in [0.3, 0.4) is 0 Å². The number of hydrogen-bond donors (Lipinski definition) is 2. The highest BCUT2D eigenvalue weighted by molar-refractivity contribution is 6.14. The Bertz CT molecular complexity index is 301. The van der Waals surface area contributed by atoms with E-state index in [2.05, 4.69) is 0 Å². The van der Waals surface area contributed by atoms with E-state index in [0.29, 0.717) is 11.8 Å². The van der Waals surface area contributed by atoms with Gasteiger partial charge < -0.3 is 10.2 Å². The van der Waals surface area contributed by atoms with Crippen molar-refractivity contribution < 1.29 is 15.0 Å². The predicted octanol–water partition coefficient (Wildman–Crippen LogP) is 1.67. The highest BCUT2D eigenvalue weighted by Crippen LogP contribution is 2.12. The summed E-state index contributed by atoms with van der Waals surface area (Å²) in [5.41, 5.74) is 0.392. The Balaban J connectivity index is 3.05. The van der Waals surface area contributed by atoms with Gasteiger partial charge in [0.15, 0.2) is 0 Å². The lowest BCUT2D eigenvalue weighted by Crippen LogP contribution is -1.98. The van der Waals surface area contributed by atoms with Crippen molar-refractivity contribution in [1.29, 1.82) is 0 Å². The van der Waals surface area contributed by atoms with Crippen molar-refractivity contribution in [2.75, 3.05) is 0 Å². The van der Waals surface area contributed by atoms with Gasteiger partial charge >= 0.3 is 5.97 Å². The monoisotopic (exact) mass is 164 g/mol. The summed E-state index contributed by atoms with van der Waals surface area (Å²) < 4.78 is 0. The topological polar surface area (TPSA) is 57.5 Å². The average Bonchev–Trinajstić information content (AvgIpc) is 2.07. The standard InChI is InChI=1S/C9H8O3/c10-6-8(9(11)12)7-4-2-1-3-5-7/h1-6,10H,(H,11,12). The second kappa shape index (κ2) is 3.57. The molecule has 0 unspecified atom stereocenters. The van der Waals surface area contributed by atoms with Gasteiger partial charge in [-0.05, 0) is 5.56 Å². The fourth-order valence-electron chi connectivity index (χ4n) is 0.871. The molecule has 0 amide bonds. The maximum Gasteiger partial charge on any atom is 0.339 e. The second-order valence-electron chi connectivity index (χ2n) is 2.21. The van der Waals surface area contributed by atoms with Crippen molar-refractivity contribution in [1.82, 2.24) is 0 Å². The predicted molar refractivity (Wildman–Crippen MR) is 44.7 cm³/mol. The summed E-state index contributed by atoms with van der Waals surface area (Å²) in [5.74, 6) is -1.14. The van der Waals surface area contributed by atoms with Gasteiger partial charge in [-0.3, -0.25) is 0 Å². The third-order valence-corrected chi connectivity index (χ3v) is 1.44. The molecule has 12 heavy (non-hydrogen) atoms. The van der Waals surface area contributed by atoms with Gasteiger partial charge in [0.05, 0.1) is 6.26 Å². The summed E-state index contributed by atoms with van der Waals surface area (Å²) in [7, 11) is 0. The number of aliphatic hydroxyl groups is 1. The quantitative estimate of drug-likeness (QED) is 0.516. The molecule has 0 fully saturated rings. The van der Waals surface area contributed by atoms with Gasteiger partial charge in [0, 0.05) is 0 Å². The number of carboxylic acids is 1. The van der Waals surface area contributed by atoms with E-state index >= 15 is 0 Å². The van der Waals surface area contributed by atoms with Gasteiger partial charge in [-0.1, -0.05) is 30.3 Å². The summed E-state index contributed by atoms with van der Waals surface area (Å²) in [4.78, 5) is 10.5. The molecule has 62 valence electrons. The molecule has 0 saturated heterocycles. The average molecular weight is 164 g/mol. The maximum atomic E-state index is 10.5. The molecule has 1 aromatic rings. The fourth-order valence-corrected chi connectivity index (χ4v) is 0.871. The van der Waals surface area contributed by atoms with Crippen LogP contribution in [0.15, 0.2) is 36.6 Å². The number of aliphatic hydroxyl groups excluding tert-OH is 1. The van der Waals surface area contributed by atoms with Crippen molar-refractivity contribution in [3.05, 3.63) is 42.2 Å². The molecule has 0 saturated carbocycles. The molecule has 3 heteroatoms. The van der Waals surface area contributed by atoms with Crippen LogP contribution in [0.2, 0.25) is 0 Å². The van der Waals surface area contributed by atoms with E-state index in [1.165, 1.54) is 0 Å². The van der Waals surface area contributed by atoms with Crippen molar-refractivity contribution in [3.8, 4) is 0 Å². The maximum absolute atomic E-state index is 10.5. The third-order valence-electron chi connectivity index (χ3n) is 1.44. The lowest BCUT2D eigenvalue weighted by atomic mass is 10.1. The molecule has 1 aromatic carbocycles. The van der Waals surface area contributed by atoms with Crippen molar-refractivity contribution in [2.45, 2.75) is 0 Å². The Kier molecular flexibility index (Phi) is 2.48. The van der Waals surface area contributed by atoms with Crippen LogP contribution in [0, 0.1) is 0 Å². The molecule has 0 bridgehead atoms. The van der Waals surface area contributed by atoms with Gasteiger partial charge in [-0.25, -0.2) is 4.79 Å². The minimum atomic E-state index is -1.14. The molecule has 0 aromatic heterocycles. The van der Waals surface area contributed by atoms with Crippen LogP contribution in [0.1, 0.15) is 5.56 Å². The molecule has 0 aliphatic rings. The minimum absolute atomic E-state index is 0.101. The van der Waals surface area contributed by atoms with Gasteiger partial charge in [-0.15, -0.1) is 0 Å². The third kappa shape index (κ3) is 1.63. The number of carbonyl (C=O) groups is 1. The van der Waals surface area contributed by atoms with E-state index in [-0.39, 0.29) is 5.57 Å². The largest absolute Gasteiger partial charge is 0.515 e. The van der Waals surface area contributed by atoms with Gasteiger partial charge in [0.1, 0.15) is 5.57 Å². The molecule has 0 radical (unpaired) electrons.